The quantitative estimate of drug-likeness (QED) is 0.644. The molecule has 1 saturated carbocycles. The zero-order chi connectivity index (χ0) is 14.8. The minimum Gasteiger partial charge on any atom is -0.469 e. The van der Waals surface area contributed by atoms with Crippen LogP contribution in [0, 0.1) is 11.8 Å². The fraction of sp³-hybridized carbons (Fsp3) is 0.917. The molecular formula is C12H22N2O5S. The number of nitrogens with one attached hydrogen (secondary N) is 1. The van der Waals surface area contributed by atoms with E-state index < -0.39 is 16.3 Å². The predicted molar refractivity (Wildman–Crippen MR) is 72.0 cm³/mol. The van der Waals surface area contributed by atoms with Crippen LogP contribution >= 0.6 is 0 Å². The Balaban J connectivity index is 1.80. The summed E-state index contributed by atoms with van der Waals surface area (Å²) in [4.78, 5) is 11.4. The molecule has 2 N–H and O–H groups in total. The number of carbonyl (C=O) groups excluding carboxylic acids is 1. The molecule has 1 aliphatic heterocycles. The van der Waals surface area contributed by atoms with Gasteiger partial charge in [0.25, 0.3) is 10.2 Å². The molecular weight excluding hydrogens is 284 g/mol. The van der Waals surface area contributed by atoms with Crippen LogP contribution in [0.25, 0.3) is 0 Å². The van der Waals surface area contributed by atoms with Gasteiger partial charge in [0.2, 0.25) is 0 Å². The molecule has 1 aliphatic carbocycles. The van der Waals surface area contributed by atoms with Crippen molar-refractivity contribution in [3.63, 3.8) is 0 Å². The largest absolute Gasteiger partial charge is 0.469 e. The van der Waals surface area contributed by atoms with Crippen molar-refractivity contribution in [2.45, 2.75) is 31.8 Å². The van der Waals surface area contributed by atoms with Gasteiger partial charge in [-0.05, 0) is 31.6 Å². The van der Waals surface area contributed by atoms with Gasteiger partial charge in [0, 0.05) is 19.6 Å². The molecule has 0 spiro atoms. The summed E-state index contributed by atoms with van der Waals surface area (Å²) in [6.45, 7) is 0.660. The molecule has 2 rings (SSSR count). The fourth-order valence-electron chi connectivity index (χ4n) is 2.43. The Morgan fingerprint density at radius 3 is 2.45 bits per heavy atom. The van der Waals surface area contributed by atoms with Gasteiger partial charge in [-0.3, -0.25) is 4.79 Å². The summed E-state index contributed by atoms with van der Waals surface area (Å²) in [7, 11) is -2.23. The molecule has 0 aromatic heterocycles. The number of carbonyl (C=O) groups is 1. The Bertz CT molecular complexity index is 441. The van der Waals surface area contributed by atoms with E-state index in [9.17, 15) is 18.3 Å². The maximum Gasteiger partial charge on any atom is 0.308 e. The molecule has 0 radical (unpaired) electrons. The number of piperidine rings is 1. The second-order valence-electron chi connectivity index (χ2n) is 5.45. The zero-order valence-electron chi connectivity index (χ0n) is 11.6. The molecule has 8 heteroatoms. The van der Waals surface area contributed by atoms with Gasteiger partial charge in [-0.1, -0.05) is 0 Å². The highest BCUT2D eigenvalue weighted by molar-refractivity contribution is 7.87. The summed E-state index contributed by atoms with van der Waals surface area (Å²) in [5.74, 6) is -0.259. The monoisotopic (exact) mass is 306 g/mol. The van der Waals surface area contributed by atoms with E-state index in [2.05, 4.69) is 9.46 Å². The minimum atomic E-state index is -3.57. The lowest BCUT2D eigenvalue weighted by Gasteiger charge is -2.30. The summed E-state index contributed by atoms with van der Waals surface area (Å²) < 4.78 is 32.6. The van der Waals surface area contributed by atoms with Crippen LogP contribution < -0.4 is 4.72 Å². The number of hydrogen-bond acceptors (Lipinski definition) is 5. The van der Waals surface area contributed by atoms with Gasteiger partial charge in [0.05, 0.1) is 19.1 Å². The molecule has 20 heavy (non-hydrogen) atoms. The molecule has 2 aliphatic rings. The van der Waals surface area contributed by atoms with E-state index in [4.69, 9.17) is 0 Å². The second-order valence-corrected chi connectivity index (χ2v) is 7.21. The van der Waals surface area contributed by atoms with E-state index in [1.807, 2.05) is 0 Å². The van der Waals surface area contributed by atoms with Gasteiger partial charge in [0.1, 0.15) is 0 Å². The standard InChI is InChI=1S/C12H22N2O5S/c1-19-12(16)10-4-6-14(7-5-10)20(17,18)13-8-11(15)9-2-3-9/h9-11,13,15H,2-8H2,1H3. The Morgan fingerprint density at radius 2 is 1.95 bits per heavy atom. The van der Waals surface area contributed by atoms with Crippen molar-refractivity contribution in [1.82, 2.24) is 9.03 Å². The van der Waals surface area contributed by atoms with Crippen molar-refractivity contribution in [3.05, 3.63) is 0 Å². The van der Waals surface area contributed by atoms with Crippen molar-refractivity contribution >= 4 is 16.2 Å². The van der Waals surface area contributed by atoms with Crippen LogP contribution in [0.15, 0.2) is 0 Å². The van der Waals surface area contributed by atoms with Crippen molar-refractivity contribution in [2.75, 3.05) is 26.7 Å². The van der Waals surface area contributed by atoms with Crippen LogP contribution in [0.2, 0.25) is 0 Å². The number of hydrogen-bond donors (Lipinski definition) is 2. The van der Waals surface area contributed by atoms with E-state index in [0.717, 1.165) is 12.8 Å². The molecule has 1 atom stereocenters. The lowest BCUT2D eigenvalue weighted by Crippen LogP contribution is -2.47. The lowest BCUT2D eigenvalue weighted by atomic mass is 9.99. The van der Waals surface area contributed by atoms with Crippen LogP contribution in [-0.4, -0.2) is 56.6 Å². The maximum atomic E-state index is 12.1. The fourth-order valence-corrected chi connectivity index (χ4v) is 3.68. The summed E-state index contributed by atoms with van der Waals surface area (Å²) in [6, 6.07) is 0. The molecule has 0 aromatic rings. The molecule has 1 unspecified atom stereocenters. The number of methoxy groups -OCH3 is 1. The second kappa shape index (κ2) is 6.38. The smallest absolute Gasteiger partial charge is 0.308 e. The Labute approximate surface area is 119 Å². The third kappa shape index (κ3) is 3.91. The van der Waals surface area contributed by atoms with E-state index in [-0.39, 0.29) is 24.3 Å². The lowest BCUT2D eigenvalue weighted by molar-refractivity contribution is -0.146. The molecule has 0 aromatic carbocycles. The number of rotatable bonds is 6. The van der Waals surface area contributed by atoms with Gasteiger partial charge >= 0.3 is 5.97 Å². The first-order chi connectivity index (χ1) is 9.44. The van der Waals surface area contributed by atoms with Crippen molar-refractivity contribution in [1.29, 1.82) is 0 Å². The van der Waals surface area contributed by atoms with Gasteiger partial charge in [0.15, 0.2) is 0 Å². The number of aliphatic hydroxyl groups is 1. The first kappa shape index (κ1) is 15.7. The molecule has 2 fully saturated rings. The third-order valence-electron chi connectivity index (χ3n) is 3.97. The van der Waals surface area contributed by atoms with Crippen molar-refractivity contribution in [3.8, 4) is 0 Å². The Kier molecular flexibility index (Phi) is 5.00. The van der Waals surface area contributed by atoms with E-state index in [1.54, 1.807) is 0 Å². The highest BCUT2D eigenvalue weighted by Crippen LogP contribution is 2.32. The molecule has 0 amide bonds. The van der Waals surface area contributed by atoms with Crippen LogP contribution in [0.4, 0.5) is 0 Å². The topological polar surface area (TPSA) is 95.9 Å². The highest BCUT2D eigenvalue weighted by Gasteiger charge is 2.34. The predicted octanol–water partition coefficient (Wildman–Crippen LogP) is -0.523. The molecule has 1 heterocycles. The van der Waals surface area contributed by atoms with Gasteiger partial charge < -0.3 is 9.84 Å². The average molecular weight is 306 g/mol. The summed E-state index contributed by atoms with van der Waals surface area (Å²) >= 11 is 0. The van der Waals surface area contributed by atoms with E-state index in [1.165, 1.54) is 11.4 Å². The van der Waals surface area contributed by atoms with E-state index in [0.29, 0.717) is 25.9 Å². The molecule has 0 bridgehead atoms. The van der Waals surface area contributed by atoms with Gasteiger partial charge in [-0.25, -0.2) is 0 Å². The van der Waals surface area contributed by atoms with Crippen LogP contribution in [-0.2, 0) is 19.7 Å². The first-order valence-electron chi connectivity index (χ1n) is 6.94. The third-order valence-corrected chi connectivity index (χ3v) is 5.55. The number of aliphatic hydroxyl groups excluding tert-OH is 1. The van der Waals surface area contributed by atoms with Crippen LogP contribution in [0.3, 0.4) is 0 Å². The van der Waals surface area contributed by atoms with Crippen molar-refractivity contribution in [2.24, 2.45) is 11.8 Å². The molecule has 116 valence electrons. The summed E-state index contributed by atoms with van der Waals surface area (Å²) in [5, 5.41) is 9.69. The Morgan fingerprint density at radius 1 is 1.35 bits per heavy atom. The SMILES string of the molecule is COC(=O)C1CCN(S(=O)(=O)NCC(O)C2CC2)CC1. The van der Waals surface area contributed by atoms with Crippen LogP contribution in [0.5, 0.6) is 0 Å². The highest BCUT2D eigenvalue weighted by atomic mass is 32.2. The van der Waals surface area contributed by atoms with Crippen molar-refractivity contribution < 1.29 is 23.1 Å². The normalized spacial score (nSPS) is 23.5. The molecule has 1 saturated heterocycles. The number of ether oxygens (including phenoxy) is 1. The minimum absolute atomic E-state index is 0.0595. The first-order valence-corrected chi connectivity index (χ1v) is 8.38. The van der Waals surface area contributed by atoms with Gasteiger partial charge in [-0.15, -0.1) is 0 Å². The number of esters is 1. The van der Waals surface area contributed by atoms with E-state index >= 15 is 0 Å². The Hall–Kier alpha value is -0.700. The molecule has 7 nitrogen and oxygen atoms in total. The van der Waals surface area contributed by atoms with Gasteiger partial charge in [-0.2, -0.15) is 17.4 Å². The summed E-state index contributed by atoms with van der Waals surface area (Å²) in [5.41, 5.74) is 0. The summed E-state index contributed by atoms with van der Waals surface area (Å²) in [6.07, 6.45) is 2.27. The average Bonchev–Trinajstić information content (AvgIpc) is 3.28. The zero-order valence-corrected chi connectivity index (χ0v) is 12.4. The number of nitrogens with zero attached hydrogens (tertiary/aromatic N) is 1. The van der Waals surface area contributed by atoms with Crippen LogP contribution in [0.1, 0.15) is 25.7 Å². The maximum absolute atomic E-state index is 12.1.